The first-order valence-corrected chi connectivity index (χ1v) is 11.6. The van der Waals surface area contributed by atoms with Gasteiger partial charge in [-0.15, -0.1) is 0 Å². The molecule has 0 aliphatic carbocycles. The van der Waals surface area contributed by atoms with Gasteiger partial charge in [-0.25, -0.2) is 19.0 Å². The Hall–Kier alpha value is -4.92. The molecule has 8 nitrogen and oxygen atoms in total. The third-order valence-electron chi connectivity index (χ3n) is 5.98. The SMILES string of the molecule is CNC(=O)Cc1ccc2c(NC(=O)c3cc(-c4ncccn4)c(C)cc3F)n(-c3ccccc3)nc2c1. The molecule has 9 heteroatoms. The highest BCUT2D eigenvalue weighted by Crippen LogP contribution is 2.29. The van der Waals surface area contributed by atoms with E-state index in [-0.39, 0.29) is 17.9 Å². The zero-order chi connectivity index (χ0) is 25.9. The Bertz CT molecular complexity index is 1620. The van der Waals surface area contributed by atoms with Gasteiger partial charge in [0, 0.05) is 30.4 Å². The van der Waals surface area contributed by atoms with Crippen molar-refractivity contribution in [3.05, 3.63) is 102 Å². The number of amides is 2. The fraction of sp³-hybridized carbons (Fsp3) is 0.107. The lowest BCUT2D eigenvalue weighted by Gasteiger charge is -2.12. The van der Waals surface area contributed by atoms with Crippen molar-refractivity contribution in [2.24, 2.45) is 0 Å². The number of para-hydroxylation sites is 1. The second kappa shape index (κ2) is 9.98. The first-order chi connectivity index (χ1) is 17.9. The first-order valence-electron chi connectivity index (χ1n) is 11.6. The van der Waals surface area contributed by atoms with Crippen LogP contribution in [-0.2, 0) is 11.2 Å². The Morgan fingerprint density at radius 2 is 1.73 bits per heavy atom. The number of anilines is 1. The fourth-order valence-electron chi connectivity index (χ4n) is 4.09. The van der Waals surface area contributed by atoms with Crippen molar-refractivity contribution in [3.8, 4) is 17.1 Å². The molecule has 0 saturated carbocycles. The molecule has 0 radical (unpaired) electrons. The van der Waals surface area contributed by atoms with Gasteiger partial charge in [-0.1, -0.05) is 24.3 Å². The van der Waals surface area contributed by atoms with Crippen molar-refractivity contribution in [1.82, 2.24) is 25.1 Å². The van der Waals surface area contributed by atoms with Crippen LogP contribution in [-0.4, -0.2) is 38.6 Å². The highest BCUT2D eigenvalue weighted by Gasteiger charge is 2.21. The van der Waals surface area contributed by atoms with Gasteiger partial charge < -0.3 is 10.6 Å². The zero-order valence-corrected chi connectivity index (χ0v) is 20.2. The summed E-state index contributed by atoms with van der Waals surface area (Å²) in [5, 5.41) is 10.8. The molecule has 0 fully saturated rings. The summed E-state index contributed by atoms with van der Waals surface area (Å²) in [5.74, 6) is -0.628. The van der Waals surface area contributed by atoms with Crippen molar-refractivity contribution >= 4 is 28.5 Å². The summed E-state index contributed by atoms with van der Waals surface area (Å²) in [6.45, 7) is 1.74. The minimum absolute atomic E-state index is 0.122. The van der Waals surface area contributed by atoms with Crippen LogP contribution in [0.1, 0.15) is 21.5 Å². The molecule has 2 heterocycles. The standard InChI is InChI=1S/C28H23FN6O2/c1-17-13-23(29)22(16-21(17)26-31-11-6-12-32-26)28(37)33-27-20-10-9-18(15-25(36)30-2)14-24(20)34-35(27)19-7-4-3-5-8-19/h3-14,16H,15H2,1-2H3,(H,30,36)(H,33,37). The number of hydrogen-bond acceptors (Lipinski definition) is 5. The van der Waals surface area contributed by atoms with Gasteiger partial charge in [0.1, 0.15) is 11.6 Å². The summed E-state index contributed by atoms with van der Waals surface area (Å²) < 4.78 is 16.6. The van der Waals surface area contributed by atoms with Crippen molar-refractivity contribution < 1.29 is 14.0 Å². The van der Waals surface area contributed by atoms with E-state index in [1.165, 1.54) is 12.1 Å². The number of aromatic nitrogens is 4. The number of likely N-dealkylation sites (N-methyl/N-ethyl adjacent to an activating group) is 1. The quantitative estimate of drug-likeness (QED) is 0.363. The van der Waals surface area contributed by atoms with Crippen LogP contribution >= 0.6 is 0 Å². The van der Waals surface area contributed by atoms with Crippen LogP contribution in [0.15, 0.2) is 79.1 Å². The maximum atomic E-state index is 15.0. The number of aryl methyl sites for hydroxylation is 1. The lowest BCUT2D eigenvalue weighted by molar-refractivity contribution is -0.119. The monoisotopic (exact) mass is 494 g/mol. The molecule has 0 bridgehead atoms. The number of nitrogens with zero attached hydrogens (tertiary/aromatic N) is 4. The normalized spacial score (nSPS) is 10.9. The van der Waals surface area contributed by atoms with Crippen molar-refractivity contribution in [2.75, 3.05) is 12.4 Å². The predicted molar refractivity (Wildman–Crippen MR) is 139 cm³/mol. The first kappa shape index (κ1) is 23.8. The van der Waals surface area contributed by atoms with E-state index in [0.29, 0.717) is 39.4 Å². The van der Waals surface area contributed by atoms with Gasteiger partial charge in [-0.3, -0.25) is 9.59 Å². The molecule has 2 N–H and O–H groups in total. The average Bonchev–Trinajstić information content (AvgIpc) is 3.27. The second-order valence-electron chi connectivity index (χ2n) is 8.47. The lowest BCUT2D eigenvalue weighted by atomic mass is 10.0. The van der Waals surface area contributed by atoms with E-state index in [2.05, 4.69) is 25.7 Å². The number of fused-ring (bicyclic) bond motifs is 1. The van der Waals surface area contributed by atoms with Crippen LogP contribution in [0.25, 0.3) is 28.0 Å². The van der Waals surface area contributed by atoms with E-state index in [1.807, 2.05) is 36.4 Å². The molecule has 0 unspecified atom stereocenters. The summed E-state index contributed by atoms with van der Waals surface area (Å²) >= 11 is 0. The molecule has 0 aliphatic rings. The Kier molecular flexibility index (Phi) is 6.42. The highest BCUT2D eigenvalue weighted by atomic mass is 19.1. The van der Waals surface area contributed by atoms with Crippen LogP contribution in [0, 0.1) is 12.7 Å². The van der Waals surface area contributed by atoms with E-state index in [0.717, 1.165) is 5.56 Å². The minimum Gasteiger partial charge on any atom is -0.359 e. The van der Waals surface area contributed by atoms with Crippen LogP contribution in [0.2, 0.25) is 0 Å². The Morgan fingerprint density at radius 3 is 2.46 bits per heavy atom. The topological polar surface area (TPSA) is 102 Å². The maximum Gasteiger partial charge on any atom is 0.259 e. The molecule has 5 rings (SSSR count). The minimum atomic E-state index is -0.655. The molecule has 0 atom stereocenters. The van der Waals surface area contributed by atoms with E-state index < -0.39 is 11.7 Å². The number of benzene rings is 3. The third-order valence-corrected chi connectivity index (χ3v) is 5.98. The van der Waals surface area contributed by atoms with Gasteiger partial charge in [0.2, 0.25) is 5.91 Å². The number of halogens is 1. The Labute approximate surface area is 212 Å². The van der Waals surface area contributed by atoms with Crippen LogP contribution in [0.4, 0.5) is 10.2 Å². The number of nitrogens with one attached hydrogen (secondary N) is 2. The molecule has 184 valence electrons. The smallest absolute Gasteiger partial charge is 0.259 e. The molecule has 0 spiro atoms. The second-order valence-corrected chi connectivity index (χ2v) is 8.47. The van der Waals surface area contributed by atoms with Gasteiger partial charge in [0.15, 0.2) is 5.82 Å². The lowest BCUT2D eigenvalue weighted by Crippen LogP contribution is -2.19. The Balaban J connectivity index is 1.58. The van der Waals surface area contributed by atoms with Crippen LogP contribution in [0.5, 0.6) is 0 Å². The number of hydrogen-bond donors (Lipinski definition) is 2. The summed E-state index contributed by atoms with van der Waals surface area (Å²) in [4.78, 5) is 33.8. The molecule has 5 aromatic rings. The zero-order valence-electron chi connectivity index (χ0n) is 20.2. The van der Waals surface area contributed by atoms with E-state index >= 15 is 4.39 Å². The predicted octanol–water partition coefficient (Wildman–Crippen LogP) is 4.47. The van der Waals surface area contributed by atoms with E-state index in [1.54, 1.807) is 49.2 Å². The average molecular weight is 495 g/mol. The summed E-state index contributed by atoms with van der Waals surface area (Å²) in [5.41, 5.74) is 3.11. The molecule has 37 heavy (non-hydrogen) atoms. The molecule has 0 aliphatic heterocycles. The van der Waals surface area contributed by atoms with E-state index in [4.69, 9.17) is 0 Å². The third kappa shape index (κ3) is 4.79. The van der Waals surface area contributed by atoms with E-state index in [9.17, 15) is 9.59 Å². The molecular formula is C28H23FN6O2. The molecule has 2 amide bonds. The van der Waals surface area contributed by atoms with Crippen molar-refractivity contribution in [2.45, 2.75) is 13.3 Å². The fourth-order valence-corrected chi connectivity index (χ4v) is 4.09. The van der Waals surface area contributed by atoms with Crippen LogP contribution < -0.4 is 10.6 Å². The van der Waals surface area contributed by atoms with Gasteiger partial charge >= 0.3 is 0 Å². The largest absolute Gasteiger partial charge is 0.359 e. The Morgan fingerprint density at radius 1 is 0.973 bits per heavy atom. The summed E-state index contributed by atoms with van der Waals surface area (Å²) in [6.07, 6.45) is 3.38. The number of carbonyl (C=O) groups is 2. The van der Waals surface area contributed by atoms with Gasteiger partial charge in [0.05, 0.1) is 23.2 Å². The van der Waals surface area contributed by atoms with Gasteiger partial charge in [-0.05, 0) is 60.5 Å². The molecule has 0 saturated heterocycles. The number of rotatable bonds is 6. The molecular weight excluding hydrogens is 471 g/mol. The van der Waals surface area contributed by atoms with Gasteiger partial charge in [-0.2, -0.15) is 5.10 Å². The molecule has 3 aromatic carbocycles. The van der Waals surface area contributed by atoms with Crippen molar-refractivity contribution in [1.29, 1.82) is 0 Å². The maximum absolute atomic E-state index is 15.0. The number of carbonyl (C=O) groups excluding carboxylic acids is 2. The van der Waals surface area contributed by atoms with Crippen LogP contribution in [0.3, 0.4) is 0 Å². The van der Waals surface area contributed by atoms with Crippen molar-refractivity contribution in [3.63, 3.8) is 0 Å². The van der Waals surface area contributed by atoms with Gasteiger partial charge in [0.25, 0.3) is 5.91 Å². The molecule has 2 aromatic heterocycles. The highest BCUT2D eigenvalue weighted by molar-refractivity contribution is 6.09. The summed E-state index contributed by atoms with van der Waals surface area (Å²) in [7, 11) is 1.58. The summed E-state index contributed by atoms with van der Waals surface area (Å²) in [6, 6.07) is 19.2.